The Morgan fingerprint density at radius 3 is 1.84 bits per heavy atom. The maximum Gasteiger partial charge on any atom is 0.247 e. The third-order valence-electron chi connectivity index (χ3n) is 18.7. The molecule has 4 heterocycles. The topological polar surface area (TPSA) is 20.6 Å². The van der Waals surface area contributed by atoms with Crippen molar-refractivity contribution in [1.29, 1.82) is 0 Å². The summed E-state index contributed by atoms with van der Waals surface area (Å²) in [6.07, 6.45) is 7.59. The number of para-hydroxylation sites is 3. The van der Waals surface area contributed by atoms with Gasteiger partial charge in [0.1, 0.15) is 5.76 Å². The molecule has 4 nitrogen and oxygen atoms in total. The number of hydrogen-bond acceptors (Lipinski definition) is 3. The largest absolute Gasteiger partial charge is 0.458 e. The number of anilines is 5. The molecule has 0 radical (unpaired) electrons. The number of fused-ring (bicyclic) bond motifs is 8. The molecule has 1 aromatic heterocycles. The van der Waals surface area contributed by atoms with Crippen LogP contribution in [0, 0.1) is 0 Å². The summed E-state index contributed by atoms with van der Waals surface area (Å²) in [5.41, 5.74) is 27.4. The molecule has 1 atom stereocenters. The van der Waals surface area contributed by atoms with Gasteiger partial charge in [0.2, 0.25) is 6.71 Å². The minimum absolute atomic E-state index is 0.0714. The predicted molar refractivity (Wildman–Crippen MR) is 336 cm³/mol. The first-order chi connectivity index (χ1) is 38.8. The summed E-state index contributed by atoms with van der Waals surface area (Å²) in [7, 11) is 0. The molecule has 9 aromatic carbocycles. The van der Waals surface area contributed by atoms with Gasteiger partial charge in [0.05, 0.1) is 22.6 Å². The van der Waals surface area contributed by atoms with Crippen LogP contribution in [0.25, 0.3) is 38.8 Å². The summed E-state index contributed by atoms with van der Waals surface area (Å²) in [6, 6.07) is 77.0. The van der Waals surface area contributed by atoms with Gasteiger partial charge in [0.25, 0.3) is 0 Å². The first-order valence-electron chi connectivity index (χ1n) is 29.4. The Morgan fingerprint density at radius 2 is 1.11 bits per heavy atom. The summed E-state index contributed by atoms with van der Waals surface area (Å²) < 4.78 is 9.37. The highest BCUT2D eigenvalue weighted by molar-refractivity contribution is 6.99. The Bertz CT molecular complexity index is 4120. The number of ether oxygens (including phenoxy) is 1. The third-order valence-corrected chi connectivity index (χ3v) is 18.7. The van der Waals surface area contributed by atoms with Crippen LogP contribution in [0.5, 0.6) is 5.75 Å². The van der Waals surface area contributed by atoms with Gasteiger partial charge in [-0.3, -0.25) is 0 Å². The molecule has 0 amide bonds. The highest BCUT2D eigenvalue weighted by Gasteiger charge is 2.50. The lowest BCUT2D eigenvalue weighted by Gasteiger charge is -2.48. The molecule has 2 aliphatic carbocycles. The number of aryl methyl sites for hydroxylation is 1. The van der Waals surface area contributed by atoms with Crippen LogP contribution in [-0.2, 0) is 29.1 Å². The Kier molecular flexibility index (Phi) is 11.1. The van der Waals surface area contributed by atoms with Gasteiger partial charge >= 0.3 is 0 Å². The van der Waals surface area contributed by atoms with E-state index < -0.39 is 5.41 Å². The monoisotopic (exact) mass is 1040 g/mol. The van der Waals surface area contributed by atoms with E-state index in [-0.39, 0.29) is 17.5 Å². The summed E-state index contributed by atoms with van der Waals surface area (Å²) in [6.45, 7) is 16.7. The lowest BCUT2D eigenvalue weighted by Crippen LogP contribution is -2.64. The van der Waals surface area contributed by atoms with Crippen LogP contribution in [0.4, 0.5) is 28.4 Å². The van der Waals surface area contributed by atoms with Crippen molar-refractivity contribution < 1.29 is 4.74 Å². The van der Waals surface area contributed by atoms with Crippen LogP contribution in [0.1, 0.15) is 120 Å². The van der Waals surface area contributed by atoms with E-state index in [4.69, 9.17) is 4.74 Å². The van der Waals surface area contributed by atoms with E-state index in [0.717, 1.165) is 55.7 Å². The van der Waals surface area contributed by atoms with Crippen molar-refractivity contribution in [3.05, 3.63) is 251 Å². The van der Waals surface area contributed by atoms with E-state index in [9.17, 15) is 0 Å². The van der Waals surface area contributed by atoms with Gasteiger partial charge in [-0.05, 0) is 172 Å². The van der Waals surface area contributed by atoms with Crippen molar-refractivity contribution >= 4 is 62.4 Å². The fraction of sp³-hybridized carbons (Fsp3) is 0.227. The zero-order valence-electron chi connectivity index (χ0n) is 47.3. The maximum atomic E-state index is 6.76. The molecule has 10 aromatic rings. The van der Waals surface area contributed by atoms with Crippen LogP contribution < -0.4 is 30.9 Å². The van der Waals surface area contributed by atoms with Gasteiger partial charge in [0, 0.05) is 56.8 Å². The van der Waals surface area contributed by atoms with Crippen molar-refractivity contribution in [2.45, 2.75) is 110 Å². The van der Waals surface area contributed by atoms with Crippen molar-refractivity contribution in [1.82, 2.24) is 4.57 Å². The molecule has 80 heavy (non-hydrogen) atoms. The summed E-state index contributed by atoms with van der Waals surface area (Å²) >= 11 is 0. The number of hydrogen-bond donors (Lipinski definition) is 0. The standard InChI is InChI=1S/C75H68BN3O/c1-73(2,3)51-42-57(48-24-11-8-12-25-48)72(58(43-51)49-26-13-9-14-27-49)79-67-47-54(77-63-32-18-17-30-55(63)56-31-23-35-64(56)77)39-41-62(67)76-61-40-38-53(78-65-33-19-21-36-69(65)80-70-37-22-20-34-66(70)78)46-59(61)75(7,50-28-15-10-16-29-50)60-44-52(74(4,5)6)45-68(79)71(60)76/h8-19,21,24-30,32-33,36,38-47H,20,22-23,31,34-35,37H2,1-7H3. The van der Waals surface area contributed by atoms with Crippen molar-refractivity contribution in [2.75, 3.05) is 9.80 Å². The second-order valence-electron chi connectivity index (χ2n) is 25.5. The molecule has 0 spiro atoms. The quantitative estimate of drug-likeness (QED) is 0.155. The number of nitrogens with zero attached hydrogens (tertiary/aromatic N) is 3. The number of rotatable bonds is 6. The zero-order valence-corrected chi connectivity index (χ0v) is 47.3. The molecule has 0 saturated carbocycles. The molecular formula is C75H68BN3O. The fourth-order valence-corrected chi connectivity index (χ4v) is 14.6. The lowest BCUT2D eigenvalue weighted by molar-refractivity contribution is 0.363. The van der Waals surface area contributed by atoms with Gasteiger partial charge in [-0.1, -0.05) is 187 Å². The van der Waals surface area contributed by atoms with E-state index >= 15 is 0 Å². The summed E-state index contributed by atoms with van der Waals surface area (Å²) in [5.74, 6) is 2.04. The molecule has 0 bridgehead atoms. The number of allylic oxidation sites excluding steroid dienone is 2. The Labute approximate surface area is 473 Å². The first kappa shape index (κ1) is 48.8. The first-order valence-corrected chi connectivity index (χ1v) is 29.4. The molecule has 3 aliphatic heterocycles. The highest BCUT2D eigenvalue weighted by atomic mass is 16.5. The van der Waals surface area contributed by atoms with Gasteiger partial charge in [-0.2, -0.15) is 0 Å². The lowest BCUT2D eigenvalue weighted by atomic mass is 9.29. The summed E-state index contributed by atoms with van der Waals surface area (Å²) in [4.78, 5) is 5.30. The summed E-state index contributed by atoms with van der Waals surface area (Å²) in [5, 5.41) is 1.38. The molecule has 1 unspecified atom stereocenters. The molecule has 0 N–H and O–H groups in total. The van der Waals surface area contributed by atoms with Crippen LogP contribution in [0.3, 0.4) is 0 Å². The van der Waals surface area contributed by atoms with Crippen LogP contribution >= 0.6 is 0 Å². The molecule has 0 saturated heterocycles. The van der Waals surface area contributed by atoms with Crippen LogP contribution in [0.2, 0.25) is 0 Å². The van der Waals surface area contributed by atoms with Crippen molar-refractivity contribution in [3.8, 4) is 33.7 Å². The Hall–Kier alpha value is -8.28. The van der Waals surface area contributed by atoms with E-state index in [1.165, 1.54) is 129 Å². The van der Waals surface area contributed by atoms with Crippen molar-refractivity contribution in [2.24, 2.45) is 0 Å². The highest BCUT2D eigenvalue weighted by Crippen LogP contribution is 2.54. The molecule has 5 heteroatoms. The average Bonchev–Trinajstić information content (AvgIpc) is 3.67. The molecular weight excluding hydrogens is 970 g/mol. The Morgan fingerprint density at radius 1 is 0.487 bits per heavy atom. The maximum absolute atomic E-state index is 6.76. The molecule has 0 fully saturated rings. The smallest absolute Gasteiger partial charge is 0.247 e. The van der Waals surface area contributed by atoms with Crippen LogP contribution in [0.15, 0.2) is 212 Å². The van der Waals surface area contributed by atoms with Gasteiger partial charge in [-0.15, -0.1) is 0 Å². The average molecular weight is 1040 g/mol. The van der Waals surface area contributed by atoms with Crippen molar-refractivity contribution in [3.63, 3.8) is 0 Å². The zero-order chi connectivity index (χ0) is 54.2. The second-order valence-corrected chi connectivity index (χ2v) is 25.5. The van der Waals surface area contributed by atoms with E-state index in [1.807, 2.05) is 0 Å². The van der Waals surface area contributed by atoms with E-state index in [1.54, 1.807) is 0 Å². The number of aromatic nitrogens is 1. The molecule has 15 rings (SSSR count). The fourth-order valence-electron chi connectivity index (χ4n) is 14.6. The number of benzene rings is 9. The van der Waals surface area contributed by atoms with Gasteiger partial charge < -0.3 is 19.1 Å². The van der Waals surface area contributed by atoms with Gasteiger partial charge in [-0.25, -0.2) is 0 Å². The third kappa shape index (κ3) is 7.42. The minimum atomic E-state index is -0.557. The molecule has 392 valence electrons. The van der Waals surface area contributed by atoms with Gasteiger partial charge in [0.15, 0.2) is 5.75 Å². The molecule has 5 aliphatic rings. The predicted octanol–water partition coefficient (Wildman–Crippen LogP) is 17.3. The van der Waals surface area contributed by atoms with E-state index in [2.05, 4.69) is 263 Å². The van der Waals surface area contributed by atoms with E-state index in [0.29, 0.717) is 0 Å². The minimum Gasteiger partial charge on any atom is -0.458 e. The normalized spacial score (nSPS) is 17.1. The second kappa shape index (κ2) is 18.1. The van der Waals surface area contributed by atoms with Crippen LogP contribution in [-0.4, -0.2) is 11.3 Å². The Balaban J connectivity index is 1.09. The SMILES string of the molecule is CC(C)(C)c1cc(-c2ccccc2)c(N2c3cc(-n4c5c(c6ccccc64)CCC5)ccc3B3c4ccc(N5C6=C(CCCC6)Oc6ccccc65)cc4C(C)(c4ccccc4)c4cc(C(C)(C)C)cc2c43)c(-c2ccccc2)c1.